The van der Waals surface area contributed by atoms with E-state index in [1.807, 2.05) is 6.07 Å². The summed E-state index contributed by atoms with van der Waals surface area (Å²) in [6, 6.07) is 8.40. The van der Waals surface area contributed by atoms with Crippen LogP contribution in [-0.2, 0) is 22.9 Å². The molecule has 0 fully saturated rings. The highest BCUT2D eigenvalue weighted by Crippen LogP contribution is 2.24. The number of pyridine rings is 1. The van der Waals surface area contributed by atoms with Crippen molar-refractivity contribution in [1.29, 1.82) is 0 Å². The van der Waals surface area contributed by atoms with E-state index in [2.05, 4.69) is 9.71 Å². The van der Waals surface area contributed by atoms with Gasteiger partial charge in [-0.25, -0.2) is 18.1 Å². The fourth-order valence-corrected chi connectivity index (χ4v) is 4.20. The quantitative estimate of drug-likeness (QED) is 0.782. The second-order valence-corrected chi connectivity index (χ2v) is 7.90. The van der Waals surface area contributed by atoms with E-state index < -0.39 is 15.9 Å². The number of benzene rings is 1. The standard InChI is InChI=1S/C18H17N3O3S/c22-18(15-5-7-16-10-19-12-21(16)11-15)20-25(23,24)17-8-6-13-3-1-2-4-14(13)9-17/h5-12H,1-4H2,(H,20,22). The maximum absolute atomic E-state index is 12.6. The Morgan fingerprint density at radius 3 is 2.72 bits per heavy atom. The van der Waals surface area contributed by atoms with Crippen LogP contribution in [0.2, 0.25) is 0 Å². The summed E-state index contributed by atoms with van der Waals surface area (Å²) in [5.74, 6) is -0.659. The van der Waals surface area contributed by atoms with Gasteiger partial charge in [0, 0.05) is 6.20 Å². The van der Waals surface area contributed by atoms with E-state index in [1.165, 1.54) is 5.56 Å². The van der Waals surface area contributed by atoms with Gasteiger partial charge in [-0.15, -0.1) is 0 Å². The molecule has 128 valence electrons. The molecule has 0 bridgehead atoms. The van der Waals surface area contributed by atoms with Gasteiger partial charge in [0.15, 0.2) is 0 Å². The van der Waals surface area contributed by atoms with Gasteiger partial charge in [0.05, 0.1) is 28.5 Å². The molecule has 0 aliphatic heterocycles. The molecule has 2 heterocycles. The molecule has 0 saturated carbocycles. The van der Waals surface area contributed by atoms with Crippen LogP contribution in [-0.4, -0.2) is 23.7 Å². The van der Waals surface area contributed by atoms with Crippen LogP contribution < -0.4 is 4.72 Å². The van der Waals surface area contributed by atoms with Gasteiger partial charge in [-0.1, -0.05) is 6.07 Å². The Morgan fingerprint density at radius 2 is 1.88 bits per heavy atom. The molecule has 4 rings (SSSR count). The largest absolute Gasteiger partial charge is 0.306 e. The number of fused-ring (bicyclic) bond motifs is 2. The van der Waals surface area contributed by atoms with E-state index in [0.717, 1.165) is 36.8 Å². The van der Waals surface area contributed by atoms with Gasteiger partial charge in [-0.2, -0.15) is 0 Å². The monoisotopic (exact) mass is 355 g/mol. The Kier molecular flexibility index (Phi) is 3.80. The molecule has 0 atom stereocenters. The van der Waals surface area contributed by atoms with Gasteiger partial charge in [0.2, 0.25) is 0 Å². The summed E-state index contributed by atoms with van der Waals surface area (Å²) in [6.45, 7) is 0. The number of carbonyl (C=O) groups is 1. The summed E-state index contributed by atoms with van der Waals surface area (Å²) >= 11 is 0. The highest BCUT2D eigenvalue weighted by atomic mass is 32.2. The number of carbonyl (C=O) groups excluding carboxylic acids is 1. The topological polar surface area (TPSA) is 80.5 Å². The first-order chi connectivity index (χ1) is 12.0. The summed E-state index contributed by atoms with van der Waals surface area (Å²) in [7, 11) is -3.91. The first-order valence-electron chi connectivity index (χ1n) is 8.14. The van der Waals surface area contributed by atoms with Crippen LogP contribution in [0, 0.1) is 0 Å². The van der Waals surface area contributed by atoms with Gasteiger partial charge < -0.3 is 4.40 Å². The van der Waals surface area contributed by atoms with Crippen LogP contribution in [0.5, 0.6) is 0 Å². The maximum atomic E-state index is 12.6. The van der Waals surface area contributed by atoms with Crippen molar-refractivity contribution >= 4 is 21.4 Å². The van der Waals surface area contributed by atoms with E-state index in [0.29, 0.717) is 0 Å². The van der Waals surface area contributed by atoms with Gasteiger partial charge in [0.25, 0.3) is 15.9 Å². The lowest BCUT2D eigenvalue weighted by molar-refractivity contribution is 0.0981. The second kappa shape index (κ2) is 6.00. The minimum absolute atomic E-state index is 0.130. The molecule has 1 aromatic carbocycles. The summed E-state index contributed by atoms with van der Waals surface area (Å²) in [6.07, 6.45) is 8.83. The van der Waals surface area contributed by atoms with Crippen molar-refractivity contribution in [2.24, 2.45) is 0 Å². The Morgan fingerprint density at radius 1 is 1.08 bits per heavy atom. The molecule has 2 aromatic heterocycles. The number of hydrogen-bond acceptors (Lipinski definition) is 4. The zero-order chi connectivity index (χ0) is 17.4. The number of rotatable bonds is 3. The lowest BCUT2D eigenvalue weighted by Gasteiger charge is -2.16. The minimum atomic E-state index is -3.91. The molecule has 0 unspecified atom stereocenters. The number of amides is 1. The summed E-state index contributed by atoms with van der Waals surface area (Å²) in [5.41, 5.74) is 3.34. The van der Waals surface area contributed by atoms with Crippen LogP contribution in [0.1, 0.15) is 34.3 Å². The number of hydrogen-bond donors (Lipinski definition) is 1. The normalized spacial score (nSPS) is 14.2. The van der Waals surface area contributed by atoms with Crippen molar-refractivity contribution in [1.82, 2.24) is 14.1 Å². The third kappa shape index (κ3) is 3.02. The number of aromatic nitrogens is 2. The Hall–Kier alpha value is -2.67. The average molecular weight is 355 g/mol. The molecule has 0 spiro atoms. The van der Waals surface area contributed by atoms with Crippen molar-refractivity contribution in [2.45, 2.75) is 30.6 Å². The van der Waals surface area contributed by atoms with E-state index in [9.17, 15) is 13.2 Å². The van der Waals surface area contributed by atoms with E-state index in [1.54, 1.807) is 47.4 Å². The number of nitrogens with one attached hydrogen (secondary N) is 1. The smallest absolute Gasteiger partial charge is 0.266 e. The van der Waals surface area contributed by atoms with Crippen molar-refractivity contribution in [3.05, 3.63) is 65.7 Å². The van der Waals surface area contributed by atoms with E-state index in [4.69, 9.17) is 0 Å². The first-order valence-corrected chi connectivity index (χ1v) is 9.62. The number of aryl methyl sites for hydroxylation is 2. The molecule has 1 N–H and O–H groups in total. The van der Waals surface area contributed by atoms with Crippen LogP contribution in [0.3, 0.4) is 0 Å². The van der Waals surface area contributed by atoms with E-state index >= 15 is 0 Å². The summed E-state index contributed by atoms with van der Waals surface area (Å²) < 4.78 is 28.9. The van der Waals surface area contributed by atoms with Gasteiger partial charge in [-0.05, 0) is 61.1 Å². The fraction of sp³-hybridized carbons (Fsp3) is 0.222. The van der Waals surface area contributed by atoms with Crippen molar-refractivity contribution in [2.75, 3.05) is 0 Å². The SMILES string of the molecule is O=C(NS(=O)(=O)c1ccc2c(c1)CCCC2)c1ccc2cncn2c1. The van der Waals surface area contributed by atoms with Gasteiger partial charge >= 0.3 is 0 Å². The molecule has 1 aliphatic rings. The zero-order valence-electron chi connectivity index (χ0n) is 13.5. The van der Waals surface area contributed by atoms with E-state index in [-0.39, 0.29) is 10.5 Å². The average Bonchev–Trinajstić information content (AvgIpc) is 3.08. The Labute approximate surface area is 145 Å². The molecule has 25 heavy (non-hydrogen) atoms. The van der Waals surface area contributed by atoms with Crippen molar-refractivity contribution in [3.63, 3.8) is 0 Å². The molecular weight excluding hydrogens is 338 g/mol. The number of imidazole rings is 1. The molecule has 3 aromatic rings. The molecule has 0 saturated heterocycles. The van der Waals surface area contributed by atoms with Gasteiger partial charge in [-0.3, -0.25) is 4.79 Å². The molecular formula is C18H17N3O3S. The lowest BCUT2D eigenvalue weighted by Crippen LogP contribution is -2.31. The second-order valence-electron chi connectivity index (χ2n) is 6.22. The van der Waals surface area contributed by atoms with Crippen LogP contribution in [0.25, 0.3) is 5.52 Å². The zero-order valence-corrected chi connectivity index (χ0v) is 14.3. The number of sulfonamides is 1. The molecule has 1 aliphatic carbocycles. The third-order valence-corrected chi connectivity index (χ3v) is 5.86. The maximum Gasteiger partial charge on any atom is 0.266 e. The number of nitrogens with zero attached hydrogens (tertiary/aromatic N) is 2. The summed E-state index contributed by atoms with van der Waals surface area (Å²) in [5, 5.41) is 0. The van der Waals surface area contributed by atoms with Gasteiger partial charge in [0.1, 0.15) is 0 Å². The predicted octanol–water partition coefficient (Wildman–Crippen LogP) is 2.33. The van der Waals surface area contributed by atoms with Crippen molar-refractivity contribution < 1.29 is 13.2 Å². The first kappa shape index (κ1) is 15.8. The Bertz CT molecular complexity index is 1070. The van der Waals surface area contributed by atoms with Crippen LogP contribution >= 0.6 is 0 Å². The van der Waals surface area contributed by atoms with Crippen LogP contribution in [0.4, 0.5) is 0 Å². The lowest BCUT2D eigenvalue weighted by atomic mass is 9.92. The summed E-state index contributed by atoms with van der Waals surface area (Å²) in [4.78, 5) is 16.5. The Balaban J connectivity index is 1.61. The third-order valence-electron chi connectivity index (χ3n) is 4.53. The minimum Gasteiger partial charge on any atom is -0.306 e. The molecule has 0 radical (unpaired) electrons. The van der Waals surface area contributed by atoms with Crippen LogP contribution in [0.15, 0.2) is 53.9 Å². The molecule has 1 amide bonds. The van der Waals surface area contributed by atoms with Crippen molar-refractivity contribution in [3.8, 4) is 0 Å². The molecule has 6 nitrogen and oxygen atoms in total. The predicted molar refractivity (Wildman–Crippen MR) is 92.9 cm³/mol. The highest BCUT2D eigenvalue weighted by molar-refractivity contribution is 7.90. The highest BCUT2D eigenvalue weighted by Gasteiger charge is 2.21. The fourth-order valence-electron chi connectivity index (χ4n) is 3.17. The molecule has 7 heteroatoms.